The van der Waals surface area contributed by atoms with Crippen LogP contribution in [0.3, 0.4) is 0 Å². The van der Waals surface area contributed by atoms with Gasteiger partial charge < -0.3 is 18.9 Å². The molecule has 0 atom stereocenters. The van der Waals surface area contributed by atoms with Crippen molar-refractivity contribution in [3.05, 3.63) is 0 Å². The fourth-order valence-electron chi connectivity index (χ4n) is 1.09. The predicted octanol–water partition coefficient (Wildman–Crippen LogP) is 2.49. The number of halogens is 1. The van der Waals surface area contributed by atoms with E-state index in [0.29, 0.717) is 39.6 Å². The van der Waals surface area contributed by atoms with Crippen molar-refractivity contribution in [3.8, 4) is 0 Å². The molecule has 0 aliphatic rings. The van der Waals surface area contributed by atoms with Crippen LogP contribution in [0.1, 0.15) is 20.8 Å². The Morgan fingerprint density at radius 1 is 0.667 bits per heavy atom. The van der Waals surface area contributed by atoms with Crippen molar-refractivity contribution in [1.29, 1.82) is 0 Å². The first-order chi connectivity index (χ1) is 8.56. The van der Waals surface area contributed by atoms with Gasteiger partial charge in [0, 0.05) is 5.33 Å². The van der Waals surface area contributed by atoms with Gasteiger partial charge in [0.15, 0.2) is 0 Å². The third-order valence-corrected chi connectivity index (χ3v) is 2.20. The molecule has 110 valence electrons. The molecule has 18 heavy (non-hydrogen) atoms. The number of rotatable bonds is 12. The highest BCUT2D eigenvalue weighted by molar-refractivity contribution is 9.09. The van der Waals surface area contributed by atoms with E-state index in [2.05, 4.69) is 36.7 Å². The van der Waals surface area contributed by atoms with Gasteiger partial charge in [-0.2, -0.15) is 0 Å². The molecule has 0 rings (SSSR count). The maximum absolute atomic E-state index is 5.48. The molecule has 5 heteroatoms. The zero-order valence-electron chi connectivity index (χ0n) is 11.9. The smallest absolute Gasteiger partial charge is 0.0701 e. The van der Waals surface area contributed by atoms with Gasteiger partial charge in [0.1, 0.15) is 0 Å². The minimum atomic E-state index is 0.220. The SMILES string of the molecule is CC(C)(C)COCCOCCOCCOCCBr. The maximum Gasteiger partial charge on any atom is 0.0701 e. The minimum Gasteiger partial charge on any atom is -0.379 e. The van der Waals surface area contributed by atoms with Crippen molar-refractivity contribution in [2.75, 3.05) is 58.2 Å². The predicted molar refractivity (Wildman–Crippen MR) is 76.5 cm³/mol. The maximum atomic E-state index is 5.48. The van der Waals surface area contributed by atoms with Crippen LogP contribution in [0.2, 0.25) is 0 Å². The first kappa shape index (κ1) is 18.3. The van der Waals surface area contributed by atoms with Crippen molar-refractivity contribution >= 4 is 15.9 Å². The first-order valence-electron chi connectivity index (χ1n) is 6.43. The fraction of sp³-hybridized carbons (Fsp3) is 1.00. The monoisotopic (exact) mass is 326 g/mol. The molecule has 0 aliphatic heterocycles. The molecule has 0 spiro atoms. The van der Waals surface area contributed by atoms with Crippen LogP contribution in [-0.4, -0.2) is 58.2 Å². The van der Waals surface area contributed by atoms with Gasteiger partial charge in [-0.1, -0.05) is 36.7 Å². The van der Waals surface area contributed by atoms with Gasteiger partial charge in [0.2, 0.25) is 0 Å². The highest BCUT2D eigenvalue weighted by Crippen LogP contribution is 2.12. The average molecular weight is 327 g/mol. The van der Waals surface area contributed by atoms with E-state index in [-0.39, 0.29) is 5.41 Å². The second kappa shape index (κ2) is 12.4. The van der Waals surface area contributed by atoms with E-state index in [1.54, 1.807) is 0 Å². The quantitative estimate of drug-likeness (QED) is 0.408. The normalized spacial score (nSPS) is 12.0. The van der Waals surface area contributed by atoms with Crippen LogP contribution in [0.5, 0.6) is 0 Å². The molecule has 0 fully saturated rings. The highest BCUT2D eigenvalue weighted by Gasteiger charge is 2.09. The molecular formula is C13H27BrO4. The molecule has 0 unspecified atom stereocenters. The first-order valence-corrected chi connectivity index (χ1v) is 7.55. The van der Waals surface area contributed by atoms with Crippen LogP contribution in [0, 0.1) is 5.41 Å². The molecule has 0 aromatic rings. The molecule has 0 aromatic carbocycles. The lowest BCUT2D eigenvalue weighted by atomic mass is 9.99. The van der Waals surface area contributed by atoms with Crippen molar-refractivity contribution in [2.24, 2.45) is 5.41 Å². The number of alkyl halides is 1. The number of ether oxygens (including phenoxy) is 4. The molecule has 4 nitrogen and oxygen atoms in total. The van der Waals surface area contributed by atoms with Crippen LogP contribution in [0.4, 0.5) is 0 Å². The summed E-state index contributed by atoms with van der Waals surface area (Å²) in [6.07, 6.45) is 0. The fourth-order valence-corrected chi connectivity index (χ4v) is 1.32. The summed E-state index contributed by atoms with van der Waals surface area (Å²) in [7, 11) is 0. The third kappa shape index (κ3) is 16.3. The Morgan fingerprint density at radius 3 is 1.44 bits per heavy atom. The Bertz CT molecular complexity index is 171. The zero-order chi connectivity index (χ0) is 13.7. The van der Waals surface area contributed by atoms with Crippen molar-refractivity contribution in [2.45, 2.75) is 20.8 Å². The Labute approximate surface area is 119 Å². The molecule has 0 amide bonds. The standard InChI is InChI=1S/C13H27BrO4/c1-13(2,3)12-18-11-10-17-9-8-16-7-6-15-5-4-14/h4-12H2,1-3H3. The molecule has 0 aliphatic carbocycles. The van der Waals surface area contributed by atoms with Gasteiger partial charge in [-0.05, 0) is 5.41 Å². The summed E-state index contributed by atoms with van der Waals surface area (Å²) in [4.78, 5) is 0. The Kier molecular flexibility index (Phi) is 12.6. The molecule has 0 radical (unpaired) electrons. The summed E-state index contributed by atoms with van der Waals surface area (Å²) < 4.78 is 21.4. The zero-order valence-corrected chi connectivity index (χ0v) is 13.5. The van der Waals surface area contributed by atoms with Gasteiger partial charge in [-0.25, -0.2) is 0 Å². The number of hydrogen-bond acceptors (Lipinski definition) is 4. The lowest BCUT2D eigenvalue weighted by Crippen LogP contribution is -2.17. The highest BCUT2D eigenvalue weighted by atomic mass is 79.9. The second-order valence-electron chi connectivity index (χ2n) is 5.14. The Morgan fingerprint density at radius 2 is 1.06 bits per heavy atom. The van der Waals surface area contributed by atoms with E-state index >= 15 is 0 Å². The van der Waals surface area contributed by atoms with E-state index in [0.717, 1.165) is 18.5 Å². The Hall–Kier alpha value is 0.320. The topological polar surface area (TPSA) is 36.9 Å². The van der Waals surface area contributed by atoms with Crippen LogP contribution >= 0.6 is 15.9 Å². The summed E-state index contributed by atoms with van der Waals surface area (Å²) in [5, 5.41) is 0.866. The molecule has 0 saturated carbocycles. The van der Waals surface area contributed by atoms with Gasteiger partial charge in [-0.15, -0.1) is 0 Å². The van der Waals surface area contributed by atoms with E-state index in [4.69, 9.17) is 18.9 Å². The summed E-state index contributed by atoms with van der Waals surface area (Å²) in [5.41, 5.74) is 0.220. The van der Waals surface area contributed by atoms with Crippen LogP contribution in [0.15, 0.2) is 0 Å². The van der Waals surface area contributed by atoms with Gasteiger partial charge in [0.05, 0.1) is 52.9 Å². The van der Waals surface area contributed by atoms with E-state index < -0.39 is 0 Å². The summed E-state index contributed by atoms with van der Waals surface area (Å²) >= 11 is 3.29. The van der Waals surface area contributed by atoms with Crippen LogP contribution in [-0.2, 0) is 18.9 Å². The van der Waals surface area contributed by atoms with Crippen molar-refractivity contribution in [1.82, 2.24) is 0 Å². The van der Waals surface area contributed by atoms with Crippen LogP contribution in [0.25, 0.3) is 0 Å². The number of hydrogen-bond donors (Lipinski definition) is 0. The Balaban J connectivity index is 2.99. The second-order valence-corrected chi connectivity index (χ2v) is 5.93. The van der Waals surface area contributed by atoms with Crippen molar-refractivity contribution in [3.63, 3.8) is 0 Å². The molecule has 0 aromatic heterocycles. The minimum absolute atomic E-state index is 0.220. The summed E-state index contributed by atoms with van der Waals surface area (Å²) in [6, 6.07) is 0. The van der Waals surface area contributed by atoms with Gasteiger partial charge >= 0.3 is 0 Å². The van der Waals surface area contributed by atoms with Crippen LogP contribution < -0.4 is 0 Å². The lowest BCUT2D eigenvalue weighted by Gasteiger charge is -2.17. The summed E-state index contributed by atoms with van der Waals surface area (Å²) in [6.45, 7) is 11.7. The molecule has 0 N–H and O–H groups in total. The summed E-state index contributed by atoms with van der Waals surface area (Å²) in [5.74, 6) is 0. The van der Waals surface area contributed by atoms with Gasteiger partial charge in [-0.3, -0.25) is 0 Å². The van der Waals surface area contributed by atoms with Crippen molar-refractivity contribution < 1.29 is 18.9 Å². The largest absolute Gasteiger partial charge is 0.379 e. The van der Waals surface area contributed by atoms with Gasteiger partial charge in [0.25, 0.3) is 0 Å². The molecule has 0 heterocycles. The average Bonchev–Trinajstić information content (AvgIpc) is 2.29. The molecule has 0 bridgehead atoms. The van der Waals surface area contributed by atoms with E-state index in [9.17, 15) is 0 Å². The van der Waals surface area contributed by atoms with E-state index in [1.165, 1.54) is 0 Å². The third-order valence-electron chi connectivity index (χ3n) is 1.87. The molecule has 0 saturated heterocycles. The molecular weight excluding hydrogens is 300 g/mol. The lowest BCUT2D eigenvalue weighted by molar-refractivity contribution is -0.00981. The van der Waals surface area contributed by atoms with E-state index in [1.807, 2.05) is 0 Å².